The number of alkyl halides is 3. The van der Waals surface area contributed by atoms with Gasteiger partial charge in [-0.25, -0.2) is 9.97 Å². The van der Waals surface area contributed by atoms with Crippen molar-refractivity contribution in [3.8, 4) is 5.75 Å². The molecule has 13 heteroatoms. The molecule has 0 aliphatic carbocycles. The maximum atomic E-state index is 11.7. The lowest BCUT2D eigenvalue weighted by atomic mass is 9.89. The van der Waals surface area contributed by atoms with Crippen LogP contribution in [0.1, 0.15) is 23.2 Å². The van der Waals surface area contributed by atoms with Gasteiger partial charge >= 0.3 is 12.3 Å². The zero-order valence-corrected chi connectivity index (χ0v) is 17.2. The topological polar surface area (TPSA) is 160 Å². The number of rotatable bonds is 4. The molecule has 0 spiro atoms. The number of hydrogen-bond acceptors (Lipinski definition) is 7. The summed E-state index contributed by atoms with van der Waals surface area (Å²) in [6.45, 7) is 1.17. The van der Waals surface area contributed by atoms with Crippen LogP contribution < -0.4 is 21.1 Å². The lowest BCUT2D eigenvalue weighted by Gasteiger charge is -2.36. The van der Waals surface area contributed by atoms with Crippen molar-refractivity contribution in [1.82, 2.24) is 15.0 Å². The molecule has 1 aromatic carbocycles. The van der Waals surface area contributed by atoms with E-state index in [9.17, 15) is 22.8 Å². The van der Waals surface area contributed by atoms with E-state index in [0.29, 0.717) is 25.9 Å². The molecule has 0 unspecified atom stereocenters. The van der Waals surface area contributed by atoms with E-state index in [1.807, 2.05) is 12.3 Å². The second-order valence-electron chi connectivity index (χ2n) is 7.32. The highest BCUT2D eigenvalue weighted by atomic mass is 19.4. The molecule has 1 fully saturated rings. The summed E-state index contributed by atoms with van der Waals surface area (Å²) in [6.07, 6.45) is -0.572. The molecule has 0 radical (unpaired) electrons. The highest BCUT2D eigenvalue weighted by molar-refractivity contribution is 5.92. The normalized spacial score (nSPS) is 15.5. The van der Waals surface area contributed by atoms with Crippen molar-refractivity contribution in [2.75, 3.05) is 18.0 Å². The number of piperidine rings is 1. The molecule has 0 atom stereocenters. The summed E-state index contributed by atoms with van der Waals surface area (Å²) in [7, 11) is 0. The van der Waals surface area contributed by atoms with E-state index in [1.165, 1.54) is 6.33 Å². The zero-order valence-electron chi connectivity index (χ0n) is 17.2. The van der Waals surface area contributed by atoms with Gasteiger partial charge in [-0.05, 0) is 43.2 Å². The number of anilines is 1. The SMILES string of the molecule is NC(=O)c1ccc(OC(F)(F)F)cc1.NC1(C(=O)O)CCN(c2ncnc3[nH]ccc23)CC1. The van der Waals surface area contributed by atoms with Gasteiger partial charge in [0.25, 0.3) is 0 Å². The van der Waals surface area contributed by atoms with Crippen LogP contribution in [0.2, 0.25) is 0 Å². The van der Waals surface area contributed by atoms with Crippen LogP contribution in [0.5, 0.6) is 5.75 Å². The van der Waals surface area contributed by atoms with Gasteiger partial charge in [0.15, 0.2) is 0 Å². The first-order valence-electron chi connectivity index (χ1n) is 9.69. The second kappa shape index (κ2) is 9.32. The zero-order chi connectivity index (χ0) is 24.2. The molecule has 1 aliphatic heterocycles. The number of benzene rings is 1. The van der Waals surface area contributed by atoms with Crippen molar-refractivity contribution in [1.29, 1.82) is 0 Å². The number of nitrogens with two attached hydrogens (primary N) is 2. The molecule has 33 heavy (non-hydrogen) atoms. The standard InChI is InChI=1S/C12H15N5O2.C8H6F3NO2/c13-12(11(18)19)2-5-17(6-3-12)10-8-1-4-14-9(8)15-7-16-10;9-8(10,11)14-6-3-1-5(2-4-6)7(12)13/h1,4,7H,2-3,5-6,13H2,(H,18,19)(H,14,15,16);1-4H,(H2,12,13). The highest BCUT2D eigenvalue weighted by Gasteiger charge is 2.38. The van der Waals surface area contributed by atoms with E-state index in [4.69, 9.17) is 16.6 Å². The molecular weight excluding hydrogens is 445 g/mol. The van der Waals surface area contributed by atoms with Gasteiger partial charge in [0.05, 0.1) is 5.39 Å². The van der Waals surface area contributed by atoms with Crippen molar-refractivity contribution in [2.24, 2.45) is 11.5 Å². The van der Waals surface area contributed by atoms with Crippen LogP contribution in [0.25, 0.3) is 11.0 Å². The third-order valence-corrected chi connectivity index (χ3v) is 5.09. The molecule has 0 bridgehead atoms. The number of ether oxygens (including phenoxy) is 1. The third kappa shape index (κ3) is 5.88. The number of halogens is 3. The van der Waals surface area contributed by atoms with Gasteiger partial charge in [0, 0.05) is 24.8 Å². The Bertz CT molecular complexity index is 1120. The molecule has 4 rings (SSSR count). The van der Waals surface area contributed by atoms with E-state index < -0.39 is 23.8 Å². The summed E-state index contributed by atoms with van der Waals surface area (Å²) < 4.78 is 38.6. The van der Waals surface area contributed by atoms with E-state index >= 15 is 0 Å². The Morgan fingerprint density at radius 3 is 2.30 bits per heavy atom. The molecular formula is C20H21F3N6O4. The van der Waals surface area contributed by atoms with Gasteiger partial charge in [-0.3, -0.25) is 9.59 Å². The van der Waals surface area contributed by atoms with Gasteiger partial charge < -0.3 is 31.2 Å². The van der Waals surface area contributed by atoms with Crippen molar-refractivity contribution >= 4 is 28.7 Å². The average Bonchev–Trinajstić information content (AvgIpc) is 3.23. The molecule has 1 saturated heterocycles. The molecule has 1 amide bonds. The minimum atomic E-state index is -4.73. The van der Waals surface area contributed by atoms with Crippen LogP contribution in [0.15, 0.2) is 42.9 Å². The second-order valence-corrected chi connectivity index (χ2v) is 7.32. The maximum absolute atomic E-state index is 11.7. The number of hydrogen-bond donors (Lipinski definition) is 4. The average molecular weight is 466 g/mol. The van der Waals surface area contributed by atoms with Crippen LogP contribution in [0.4, 0.5) is 19.0 Å². The van der Waals surface area contributed by atoms with Crippen LogP contribution in [0.3, 0.4) is 0 Å². The predicted molar refractivity (Wildman–Crippen MR) is 112 cm³/mol. The molecule has 6 N–H and O–H groups in total. The Labute approximate surface area is 185 Å². The summed E-state index contributed by atoms with van der Waals surface area (Å²) in [6, 6.07) is 6.28. The fraction of sp³-hybridized carbons (Fsp3) is 0.300. The first-order valence-corrected chi connectivity index (χ1v) is 9.69. The molecule has 3 aromatic rings. The van der Waals surface area contributed by atoms with E-state index in [-0.39, 0.29) is 11.3 Å². The maximum Gasteiger partial charge on any atom is 0.573 e. The van der Waals surface area contributed by atoms with Crippen LogP contribution in [-0.4, -0.2) is 56.9 Å². The number of carboxylic acids is 1. The number of carbonyl (C=O) groups is 2. The number of fused-ring (bicyclic) bond motifs is 1. The quantitative estimate of drug-likeness (QED) is 0.454. The van der Waals surface area contributed by atoms with E-state index in [1.54, 1.807) is 0 Å². The minimum absolute atomic E-state index is 0.125. The fourth-order valence-electron chi connectivity index (χ4n) is 3.26. The Morgan fingerprint density at radius 2 is 1.76 bits per heavy atom. The number of aromatic nitrogens is 3. The van der Waals surface area contributed by atoms with Gasteiger partial charge in [-0.2, -0.15) is 0 Å². The van der Waals surface area contributed by atoms with Crippen molar-refractivity contribution in [3.05, 3.63) is 48.4 Å². The number of primary amides is 1. The molecule has 0 saturated carbocycles. The van der Waals surface area contributed by atoms with Crippen LogP contribution >= 0.6 is 0 Å². The Hall–Kier alpha value is -3.87. The van der Waals surface area contributed by atoms with Gasteiger partial charge in [0.1, 0.15) is 29.1 Å². The molecule has 10 nitrogen and oxygen atoms in total. The number of amides is 1. The summed E-state index contributed by atoms with van der Waals surface area (Å²) in [5, 5.41) is 10.1. The Morgan fingerprint density at radius 1 is 1.12 bits per heavy atom. The Balaban J connectivity index is 0.000000196. The summed E-state index contributed by atoms with van der Waals surface area (Å²) >= 11 is 0. The number of carboxylic acid groups (broad SMARTS) is 1. The number of aliphatic carboxylic acids is 1. The highest BCUT2D eigenvalue weighted by Crippen LogP contribution is 2.28. The van der Waals surface area contributed by atoms with Crippen molar-refractivity contribution in [2.45, 2.75) is 24.7 Å². The van der Waals surface area contributed by atoms with Crippen molar-refractivity contribution in [3.63, 3.8) is 0 Å². The fourth-order valence-corrected chi connectivity index (χ4v) is 3.26. The van der Waals surface area contributed by atoms with Crippen LogP contribution in [0, 0.1) is 0 Å². The van der Waals surface area contributed by atoms with E-state index in [2.05, 4.69) is 24.6 Å². The Kier molecular flexibility index (Phi) is 6.72. The lowest BCUT2D eigenvalue weighted by molar-refractivity contribution is -0.274. The summed E-state index contributed by atoms with van der Waals surface area (Å²) in [4.78, 5) is 35.2. The largest absolute Gasteiger partial charge is 0.573 e. The first kappa shape index (κ1) is 23.8. The van der Waals surface area contributed by atoms with Gasteiger partial charge in [-0.1, -0.05) is 0 Å². The molecule has 1 aliphatic rings. The first-order chi connectivity index (χ1) is 15.5. The summed E-state index contributed by atoms with van der Waals surface area (Å²) in [5.41, 5.74) is 10.6. The number of nitrogens with one attached hydrogen (secondary N) is 1. The number of H-pyrrole nitrogens is 1. The number of aromatic amines is 1. The lowest BCUT2D eigenvalue weighted by Crippen LogP contribution is -2.55. The van der Waals surface area contributed by atoms with E-state index in [0.717, 1.165) is 41.1 Å². The van der Waals surface area contributed by atoms with Crippen molar-refractivity contribution < 1.29 is 32.6 Å². The van der Waals surface area contributed by atoms with Gasteiger partial charge in [-0.15, -0.1) is 13.2 Å². The smallest absolute Gasteiger partial charge is 0.480 e. The minimum Gasteiger partial charge on any atom is -0.480 e. The summed E-state index contributed by atoms with van der Waals surface area (Å²) in [5.74, 6) is -1.19. The van der Waals surface area contributed by atoms with Crippen LogP contribution in [-0.2, 0) is 4.79 Å². The molecule has 2 aromatic heterocycles. The predicted octanol–water partition coefficient (Wildman–Crippen LogP) is 2.02. The monoisotopic (exact) mass is 466 g/mol. The number of carbonyl (C=O) groups excluding carboxylic acids is 1. The molecule has 176 valence electrons. The van der Waals surface area contributed by atoms with Gasteiger partial charge in [0.2, 0.25) is 5.91 Å². The molecule has 3 heterocycles. The third-order valence-electron chi connectivity index (χ3n) is 5.09. The number of nitrogens with zero attached hydrogens (tertiary/aromatic N) is 3.